The number of carbonyl (C=O) groups is 1. The number of pyridine rings is 1. The Hall–Kier alpha value is -3.11. The molecule has 2 heterocycles. The third-order valence-electron chi connectivity index (χ3n) is 5.54. The van der Waals surface area contributed by atoms with Gasteiger partial charge in [0.1, 0.15) is 0 Å². The van der Waals surface area contributed by atoms with Gasteiger partial charge in [-0.2, -0.15) is 0 Å². The zero-order valence-electron chi connectivity index (χ0n) is 16.8. The van der Waals surface area contributed by atoms with Crippen molar-refractivity contribution >= 4 is 46.3 Å². The number of anilines is 2. The van der Waals surface area contributed by atoms with E-state index in [2.05, 4.69) is 9.83 Å². The second-order valence-corrected chi connectivity index (χ2v) is 8.55. The van der Waals surface area contributed by atoms with Crippen LogP contribution in [-0.4, -0.2) is 21.7 Å². The van der Waals surface area contributed by atoms with Crippen LogP contribution in [0.3, 0.4) is 0 Å². The van der Waals surface area contributed by atoms with Crippen molar-refractivity contribution < 1.29 is 9.90 Å². The third kappa shape index (κ3) is 3.22. The predicted molar refractivity (Wildman–Crippen MR) is 122 cm³/mol. The molecular weight excluding hydrogens is 435 g/mol. The summed E-state index contributed by atoms with van der Waals surface area (Å²) < 4.78 is 0. The summed E-state index contributed by atoms with van der Waals surface area (Å²) in [5, 5.41) is 13.2. The molecule has 0 aliphatic carbocycles. The molecule has 3 aromatic rings. The van der Waals surface area contributed by atoms with Crippen LogP contribution in [-0.2, 0) is 5.72 Å². The van der Waals surface area contributed by atoms with Crippen molar-refractivity contribution in [2.24, 2.45) is 0 Å². The normalized spacial score (nSPS) is 20.1. The van der Waals surface area contributed by atoms with Gasteiger partial charge in [-0.15, -0.1) is 0 Å². The van der Waals surface area contributed by atoms with Crippen LogP contribution in [0.15, 0.2) is 67.0 Å². The minimum absolute atomic E-state index is 0.259. The van der Waals surface area contributed by atoms with Crippen LogP contribution in [0, 0.1) is 6.57 Å². The van der Waals surface area contributed by atoms with Gasteiger partial charge in [0.2, 0.25) is 5.69 Å². The Morgan fingerprint density at radius 2 is 1.45 bits per heavy atom. The van der Waals surface area contributed by atoms with Crippen molar-refractivity contribution in [1.29, 1.82) is 0 Å². The monoisotopic (exact) mass is 452 g/mol. The van der Waals surface area contributed by atoms with E-state index in [-0.39, 0.29) is 5.69 Å². The molecule has 0 bridgehead atoms. The molecule has 1 N–H and O–H groups in total. The molecule has 1 atom stereocenters. The Morgan fingerprint density at radius 3 is 1.97 bits per heavy atom. The van der Waals surface area contributed by atoms with Gasteiger partial charge in [0.05, 0.1) is 12.1 Å². The lowest BCUT2D eigenvalue weighted by molar-refractivity contribution is -0.00271. The molecule has 4 rings (SSSR count). The molecule has 31 heavy (non-hydrogen) atoms. The first-order valence-corrected chi connectivity index (χ1v) is 10.2. The summed E-state index contributed by atoms with van der Waals surface area (Å²) in [5.41, 5.74) is -1.38. The topological polar surface area (TPSA) is 61.0 Å². The first-order chi connectivity index (χ1) is 14.7. The molecule has 1 aliphatic rings. The van der Waals surface area contributed by atoms with Crippen LogP contribution in [0.25, 0.3) is 4.85 Å². The van der Waals surface area contributed by atoms with Gasteiger partial charge >= 0.3 is 6.03 Å². The van der Waals surface area contributed by atoms with E-state index in [0.717, 1.165) is 0 Å². The highest BCUT2D eigenvalue weighted by molar-refractivity contribution is 6.31. The molecule has 2 amide bonds. The van der Waals surface area contributed by atoms with Crippen LogP contribution in [0.2, 0.25) is 10.0 Å². The van der Waals surface area contributed by atoms with Gasteiger partial charge < -0.3 is 5.11 Å². The molecule has 1 aromatic heterocycles. The van der Waals surface area contributed by atoms with Crippen molar-refractivity contribution in [2.75, 3.05) is 9.80 Å². The van der Waals surface area contributed by atoms with E-state index in [0.29, 0.717) is 27.0 Å². The fourth-order valence-electron chi connectivity index (χ4n) is 3.98. The summed E-state index contributed by atoms with van der Waals surface area (Å²) in [5.74, 6) is 0. The second kappa shape index (κ2) is 7.54. The van der Waals surface area contributed by atoms with E-state index >= 15 is 0 Å². The highest BCUT2D eigenvalue weighted by Crippen LogP contribution is 2.50. The van der Waals surface area contributed by atoms with Crippen LogP contribution in [0.1, 0.15) is 19.4 Å². The van der Waals surface area contributed by atoms with Crippen molar-refractivity contribution in [1.82, 2.24) is 4.98 Å². The summed E-state index contributed by atoms with van der Waals surface area (Å²) in [4.78, 5) is 24.1. The average Bonchev–Trinajstić information content (AvgIpc) is 2.92. The van der Waals surface area contributed by atoms with Crippen LogP contribution in [0.5, 0.6) is 0 Å². The summed E-state index contributed by atoms with van der Waals surface area (Å²) in [6.45, 7) is 10.9. The summed E-state index contributed by atoms with van der Waals surface area (Å²) in [7, 11) is 0. The number of hydrogen-bond acceptors (Lipinski definition) is 3. The van der Waals surface area contributed by atoms with Crippen molar-refractivity contribution in [3.8, 4) is 0 Å². The molecule has 156 valence electrons. The fourth-order valence-corrected chi connectivity index (χ4v) is 4.23. The Balaban J connectivity index is 1.98. The highest BCUT2D eigenvalue weighted by atomic mass is 35.5. The van der Waals surface area contributed by atoms with Gasteiger partial charge in [-0.1, -0.05) is 23.2 Å². The zero-order chi connectivity index (χ0) is 22.4. The predicted octanol–water partition coefficient (Wildman–Crippen LogP) is 6.01. The lowest BCUT2D eigenvalue weighted by Crippen LogP contribution is -2.56. The molecule has 1 fully saturated rings. The van der Waals surface area contributed by atoms with E-state index in [1.807, 2.05) is 0 Å². The number of amides is 2. The van der Waals surface area contributed by atoms with Gasteiger partial charge in [-0.25, -0.2) is 9.64 Å². The third-order valence-corrected chi connectivity index (χ3v) is 6.05. The molecule has 0 radical (unpaired) electrons. The van der Waals surface area contributed by atoms with Gasteiger partial charge in [-0.05, 0) is 68.4 Å². The second-order valence-electron chi connectivity index (χ2n) is 7.68. The molecule has 1 saturated heterocycles. The van der Waals surface area contributed by atoms with E-state index in [9.17, 15) is 9.90 Å². The number of urea groups is 1. The maximum absolute atomic E-state index is 13.8. The van der Waals surface area contributed by atoms with Gasteiger partial charge in [-0.3, -0.25) is 14.8 Å². The van der Waals surface area contributed by atoms with Crippen LogP contribution in [0.4, 0.5) is 21.9 Å². The molecule has 6 nitrogen and oxygen atoms in total. The van der Waals surface area contributed by atoms with E-state index in [4.69, 9.17) is 29.8 Å². The van der Waals surface area contributed by atoms with Crippen molar-refractivity contribution in [3.05, 3.63) is 94.0 Å². The standard InChI is InChI=1S/C23H18Cl2N4O2/c1-22(2)23(31,15-12-18(26-3)14-27-13-15)29(20-10-6-17(25)7-11-20)21(30)28(22)19-8-4-16(24)5-9-19/h4-14,31H,1-2H3. The number of carbonyl (C=O) groups excluding carboxylic acids is 1. The Morgan fingerprint density at radius 1 is 0.935 bits per heavy atom. The Labute approximate surface area is 190 Å². The largest absolute Gasteiger partial charge is 0.364 e. The minimum atomic E-state index is -1.84. The van der Waals surface area contributed by atoms with E-state index in [1.165, 1.54) is 22.2 Å². The number of aromatic nitrogens is 1. The maximum Gasteiger partial charge on any atom is 0.332 e. The number of aliphatic hydroxyl groups is 1. The first kappa shape index (κ1) is 21.1. The van der Waals surface area contributed by atoms with Crippen LogP contribution >= 0.6 is 23.2 Å². The first-order valence-electron chi connectivity index (χ1n) is 9.41. The van der Waals surface area contributed by atoms with Gasteiger partial charge in [0.25, 0.3) is 0 Å². The van der Waals surface area contributed by atoms with E-state index in [1.54, 1.807) is 68.4 Å². The van der Waals surface area contributed by atoms with Crippen molar-refractivity contribution in [2.45, 2.75) is 25.1 Å². The van der Waals surface area contributed by atoms with E-state index < -0.39 is 17.3 Å². The SMILES string of the molecule is [C-]#[N+]c1cncc(C2(O)N(c3ccc(Cl)cc3)C(=O)N(c3ccc(Cl)cc3)C2(C)C)c1. The smallest absolute Gasteiger partial charge is 0.332 e. The lowest BCUT2D eigenvalue weighted by Gasteiger charge is -2.42. The molecule has 0 spiro atoms. The van der Waals surface area contributed by atoms with Gasteiger partial charge in [0.15, 0.2) is 5.72 Å². The van der Waals surface area contributed by atoms with Gasteiger partial charge in [0, 0.05) is 39.4 Å². The molecule has 2 aromatic carbocycles. The highest BCUT2D eigenvalue weighted by Gasteiger charge is 2.64. The number of rotatable bonds is 3. The quantitative estimate of drug-likeness (QED) is 0.494. The number of halogens is 2. The summed E-state index contributed by atoms with van der Waals surface area (Å²) in [6, 6.07) is 14.6. The Bertz CT molecular complexity index is 1190. The molecular formula is C23H18Cl2N4O2. The fraction of sp³-hybridized carbons (Fsp3) is 0.174. The summed E-state index contributed by atoms with van der Waals surface area (Å²) in [6.07, 6.45) is 2.88. The zero-order valence-corrected chi connectivity index (χ0v) is 18.3. The summed E-state index contributed by atoms with van der Waals surface area (Å²) >= 11 is 12.1. The number of hydrogen-bond donors (Lipinski definition) is 1. The maximum atomic E-state index is 13.8. The molecule has 8 heteroatoms. The Kier molecular flexibility index (Phi) is 5.14. The van der Waals surface area contributed by atoms with Crippen LogP contribution < -0.4 is 9.80 Å². The number of nitrogens with zero attached hydrogens (tertiary/aromatic N) is 4. The molecule has 1 aliphatic heterocycles. The minimum Gasteiger partial charge on any atom is -0.364 e. The lowest BCUT2D eigenvalue weighted by atomic mass is 9.84. The molecule has 1 unspecified atom stereocenters. The average molecular weight is 453 g/mol. The number of benzene rings is 2. The van der Waals surface area contributed by atoms with Crippen molar-refractivity contribution in [3.63, 3.8) is 0 Å². The molecule has 0 saturated carbocycles.